The molecule has 1 aromatic heterocycles. The summed E-state index contributed by atoms with van der Waals surface area (Å²) >= 11 is 7.26. The number of nitrogens with one attached hydrogen (secondary N) is 1. The van der Waals surface area contributed by atoms with Crippen LogP contribution in [-0.2, 0) is 9.53 Å². The summed E-state index contributed by atoms with van der Waals surface area (Å²) in [7, 11) is 0. The molecule has 6 nitrogen and oxygen atoms in total. The van der Waals surface area contributed by atoms with Crippen LogP contribution in [0.2, 0.25) is 5.02 Å². The first kappa shape index (κ1) is 25.0. The largest absolute Gasteiger partial charge is 0.494 e. The predicted octanol–water partition coefficient (Wildman–Crippen LogP) is 6.50. The first-order valence-electron chi connectivity index (χ1n) is 10.6. The third kappa shape index (κ3) is 5.84. The van der Waals surface area contributed by atoms with E-state index < -0.39 is 11.9 Å². The van der Waals surface area contributed by atoms with Crippen molar-refractivity contribution in [3.63, 3.8) is 0 Å². The number of benzene rings is 2. The standard InChI is InChI=1S/C26H23ClN2O4S/c1-4-32-21-12-6-17(7-13-21)14-19(15-28)24(30)29-25-23(26(31)33-5-2)22(16(3)34-25)18-8-10-20(27)11-9-18/h6-14H,4-5H2,1-3H3,(H,29,30)/b19-14+. The van der Waals surface area contributed by atoms with Gasteiger partial charge < -0.3 is 14.8 Å². The number of hydrogen-bond acceptors (Lipinski definition) is 6. The van der Waals surface area contributed by atoms with Crippen LogP contribution in [-0.4, -0.2) is 25.1 Å². The second kappa shape index (κ2) is 11.5. The lowest BCUT2D eigenvalue weighted by Crippen LogP contribution is -2.16. The van der Waals surface area contributed by atoms with E-state index in [1.807, 2.05) is 19.9 Å². The SMILES string of the molecule is CCOC(=O)c1c(NC(=O)/C(C#N)=C/c2ccc(OCC)cc2)sc(C)c1-c1ccc(Cl)cc1. The van der Waals surface area contributed by atoms with Crippen LogP contribution in [0.15, 0.2) is 54.1 Å². The Morgan fingerprint density at radius 1 is 1.09 bits per heavy atom. The molecule has 0 atom stereocenters. The maximum absolute atomic E-state index is 13.0. The van der Waals surface area contributed by atoms with Crippen LogP contribution in [0.3, 0.4) is 0 Å². The Balaban J connectivity index is 1.96. The van der Waals surface area contributed by atoms with E-state index in [2.05, 4.69) is 5.32 Å². The average molecular weight is 495 g/mol. The number of anilines is 1. The molecule has 3 rings (SSSR count). The van der Waals surface area contributed by atoms with Gasteiger partial charge in [-0.05, 0) is 62.2 Å². The lowest BCUT2D eigenvalue weighted by Gasteiger charge is -2.09. The molecule has 0 unspecified atom stereocenters. The van der Waals surface area contributed by atoms with Crippen molar-refractivity contribution in [2.45, 2.75) is 20.8 Å². The van der Waals surface area contributed by atoms with Crippen molar-refractivity contribution < 1.29 is 19.1 Å². The number of aryl methyl sites for hydroxylation is 1. The fraction of sp³-hybridized carbons (Fsp3) is 0.192. The zero-order chi connectivity index (χ0) is 24.7. The normalized spacial score (nSPS) is 11.0. The molecular formula is C26H23ClN2O4S. The molecule has 0 radical (unpaired) electrons. The van der Waals surface area contributed by atoms with E-state index in [1.165, 1.54) is 17.4 Å². The van der Waals surface area contributed by atoms with Gasteiger partial charge in [-0.1, -0.05) is 35.9 Å². The molecule has 0 saturated heterocycles. The van der Waals surface area contributed by atoms with Gasteiger partial charge in [-0.15, -0.1) is 11.3 Å². The number of hydrogen-bond donors (Lipinski definition) is 1. The predicted molar refractivity (Wildman–Crippen MR) is 135 cm³/mol. The Morgan fingerprint density at radius 3 is 2.35 bits per heavy atom. The van der Waals surface area contributed by atoms with Crippen molar-refractivity contribution in [2.75, 3.05) is 18.5 Å². The summed E-state index contributed by atoms with van der Waals surface area (Å²) in [6, 6.07) is 16.1. The molecule has 0 aliphatic rings. The second-order valence-corrected chi connectivity index (χ2v) is 8.75. The average Bonchev–Trinajstić information content (AvgIpc) is 3.14. The fourth-order valence-electron chi connectivity index (χ4n) is 3.31. The molecule has 1 N–H and O–H groups in total. The third-order valence-corrected chi connectivity index (χ3v) is 6.06. The van der Waals surface area contributed by atoms with Gasteiger partial charge in [0.25, 0.3) is 5.91 Å². The second-order valence-electron chi connectivity index (χ2n) is 7.09. The van der Waals surface area contributed by atoms with Gasteiger partial charge in [0.2, 0.25) is 0 Å². The number of rotatable bonds is 8. The van der Waals surface area contributed by atoms with E-state index >= 15 is 0 Å². The van der Waals surface area contributed by atoms with Crippen molar-refractivity contribution >= 4 is 45.9 Å². The summed E-state index contributed by atoms with van der Waals surface area (Å²) in [6.45, 7) is 6.18. The minimum atomic E-state index is -0.620. The molecule has 0 fully saturated rings. The number of halogens is 1. The van der Waals surface area contributed by atoms with Crippen molar-refractivity contribution in [3.05, 3.63) is 75.1 Å². The molecule has 8 heteroatoms. The Labute approximate surface area is 207 Å². The van der Waals surface area contributed by atoms with Gasteiger partial charge in [0.1, 0.15) is 28.0 Å². The van der Waals surface area contributed by atoms with Crippen molar-refractivity contribution in [1.82, 2.24) is 0 Å². The topological polar surface area (TPSA) is 88.4 Å². The van der Waals surface area contributed by atoms with Crippen LogP contribution < -0.4 is 10.1 Å². The van der Waals surface area contributed by atoms with Gasteiger partial charge in [-0.3, -0.25) is 4.79 Å². The lowest BCUT2D eigenvalue weighted by atomic mass is 10.0. The Morgan fingerprint density at radius 2 is 1.76 bits per heavy atom. The van der Waals surface area contributed by atoms with Crippen LogP contribution in [0.1, 0.15) is 34.6 Å². The molecule has 34 heavy (non-hydrogen) atoms. The van der Waals surface area contributed by atoms with Crippen molar-refractivity contribution in [2.24, 2.45) is 0 Å². The lowest BCUT2D eigenvalue weighted by molar-refractivity contribution is -0.112. The molecular weight excluding hydrogens is 472 g/mol. The number of ether oxygens (including phenoxy) is 2. The highest BCUT2D eigenvalue weighted by Crippen LogP contribution is 2.41. The monoisotopic (exact) mass is 494 g/mol. The third-order valence-electron chi connectivity index (χ3n) is 4.79. The zero-order valence-corrected chi connectivity index (χ0v) is 20.5. The smallest absolute Gasteiger partial charge is 0.341 e. The zero-order valence-electron chi connectivity index (χ0n) is 19.0. The summed E-state index contributed by atoms with van der Waals surface area (Å²) in [5.74, 6) is -0.475. The molecule has 1 amide bonds. The number of carbonyl (C=O) groups is 2. The van der Waals surface area contributed by atoms with Crippen LogP contribution in [0.4, 0.5) is 5.00 Å². The summed E-state index contributed by atoms with van der Waals surface area (Å²) < 4.78 is 10.7. The highest BCUT2D eigenvalue weighted by Gasteiger charge is 2.26. The van der Waals surface area contributed by atoms with Gasteiger partial charge in [0, 0.05) is 15.5 Å². The fourth-order valence-corrected chi connectivity index (χ4v) is 4.49. The summed E-state index contributed by atoms with van der Waals surface area (Å²) in [5.41, 5.74) is 2.25. The summed E-state index contributed by atoms with van der Waals surface area (Å²) in [6.07, 6.45) is 1.48. The van der Waals surface area contributed by atoms with Crippen LogP contribution in [0.25, 0.3) is 17.2 Å². The molecule has 0 aliphatic carbocycles. The Hall–Kier alpha value is -3.60. The molecule has 1 heterocycles. The van der Waals surface area contributed by atoms with E-state index in [1.54, 1.807) is 55.5 Å². The molecule has 0 saturated carbocycles. The minimum Gasteiger partial charge on any atom is -0.494 e. The van der Waals surface area contributed by atoms with Crippen LogP contribution in [0, 0.1) is 18.3 Å². The Bertz CT molecular complexity index is 1260. The van der Waals surface area contributed by atoms with Gasteiger partial charge in [0.15, 0.2) is 0 Å². The molecule has 3 aromatic rings. The number of esters is 1. The van der Waals surface area contributed by atoms with Gasteiger partial charge in [-0.25, -0.2) is 4.79 Å². The number of thiophene rings is 1. The molecule has 174 valence electrons. The molecule has 2 aromatic carbocycles. The first-order chi connectivity index (χ1) is 16.4. The number of carbonyl (C=O) groups excluding carboxylic acids is 2. The van der Waals surface area contributed by atoms with E-state index in [0.29, 0.717) is 33.5 Å². The van der Waals surface area contributed by atoms with Gasteiger partial charge in [-0.2, -0.15) is 5.26 Å². The van der Waals surface area contributed by atoms with E-state index in [4.69, 9.17) is 21.1 Å². The minimum absolute atomic E-state index is 0.0990. The Kier molecular flexibility index (Phi) is 8.47. The number of nitrogens with zero attached hydrogens (tertiary/aromatic N) is 1. The van der Waals surface area contributed by atoms with Crippen molar-refractivity contribution in [1.29, 1.82) is 5.26 Å². The quantitative estimate of drug-likeness (QED) is 0.219. The number of amides is 1. The molecule has 0 bridgehead atoms. The van der Waals surface area contributed by atoms with Crippen LogP contribution in [0.5, 0.6) is 5.75 Å². The molecule has 0 aliphatic heterocycles. The molecule has 0 spiro atoms. The van der Waals surface area contributed by atoms with Gasteiger partial charge in [0.05, 0.1) is 13.2 Å². The summed E-state index contributed by atoms with van der Waals surface area (Å²) in [5, 5.41) is 13.2. The summed E-state index contributed by atoms with van der Waals surface area (Å²) in [4.78, 5) is 26.6. The maximum Gasteiger partial charge on any atom is 0.341 e. The van der Waals surface area contributed by atoms with Crippen molar-refractivity contribution in [3.8, 4) is 22.9 Å². The van der Waals surface area contributed by atoms with Gasteiger partial charge >= 0.3 is 5.97 Å². The number of nitriles is 1. The van der Waals surface area contributed by atoms with E-state index in [9.17, 15) is 14.9 Å². The highest BCUT2D eigenvalue weighted by molar-refractivity contribution is 7.17. The first-order valence-corrected chi connectivity index (χ1v) is 11.8. The van der Waals surface area contributed by atoms with Crippen LogP contribution >= 0.6 is 22.9 Å². The van der Waals surface area contributed by atoms with E-state index in [0.717, 1.165) is 10.4 Å². The highest BCUT2D eigenvalue weighted by atomic mass is 35.5. The van der Waals surface area contributed by atoms with E-state index in [-0.39, 0.29) is 17.7 Å². The maximum atomic E-state index is 13.0.